The third-order valence-corrected chi connectivity index (χ3v) is 4.40. The van der Waals surface area contributed by atoms with E-state index in [2.05, 4.69) is 28.6 Å². The van der Waals surface area contributed by atoms with E-state index < -0.39 is 0 Å². The molecule has 0 spiro atoms. The van der Waals surface area contributed by atoms with Crippen LogP contribution in [0.1, 0.15) is 31.7 Å². The lowest BCUT2D eigenvalue weighted by Crippen LogP contribution is -2.38. The van der Waals surface area contributed by atoms with Crippen LogP contribution in [0.25, 0.3) is 0 Å². The fourth-order valence-corrected chi connectivity index (χ4v) is 2.94. The van der Waals surface area contributed by atoms with Crippen LogP contribution in [0, 0.1) is 0 Å². The minimum atomic E-state index is 0.298. The molecule has 1 heterocycles. The Hall–Kier alpha value is -1.30. The number of ether oxygens (including phenoxy) is 2. The van der Waals surface area contributed by atoms with Crippen molar-refractivity contribution >= 4 is 17.6 Å². The minimum absolute atomic E-state index is 0.298. The van der Waals surface area contributed by atoms with E-state index in [0.717, 1.165) is 75.1 Å². The molecule has 0 bridgehead atoms. The summed E-state index contributed by atoms with van der Waals surface area (Å²) in [6.45, 7) is 6.76. The predicted octanol–water partition coefficient (Wildman–Crippen LogP) is 3.02. The van der Waals surface area contributed by atoms with Crippen molar-refractivity contribution in [2.45, 2.75) is 38.7 Å². The van der Waals surface area contributed by atoms with Crippen molar-refractivity contribution in [2.24, 2.45) is 4.99 Å². The first-order valence-electron chi connectivity index (χ1n) is 9.24. The Balaban J connectivity index is 1.61. The van der Waals surface area contributed by atoms with E-state index in [1.807, 2.05) is 18.2 Å². The lowest BCUT2D eigenvalue weighted by molar-refractivity contribution is 0.0171. The van der Waals surface area contributed by atoms with Crippen LogP contribution >= 0.6 is 11.6 Å². The van der Waals surface area contributed by atoms with Crippen molar-refractivity contribution in [2.75, 3.05) is 39.5 Å². The second-order valence-electron chi connectivity index (χ2n) is 6.09. The molecular formula is C19H30ClN3O2. The average molecular weight is 368 g/mol. The molecule has 5 nitrogen and oxygen atoms in total. The summed E-state index contributed by atoms with van der Waals surface area (Å²) >= 11 is 6.18. The standard InChI is InChI=1S/C19H30ClN3O2/c1-2-21-19(23-12-10-16-7-3-4-9-18(16)20)22-11-6-13-24-15-17-8-5-14-25-17/h3-4,7,9,17H,2,5-6,8,10-15H2,1H3,(H2,21,22,23). The largest absolute Gasteiger partial charge is 0.379 e. The molecule has 1 fully saturated rings. The van der Waals surface area contributed by atoms with Crippen LogP contribution < -0.4 is 10.6 Å². The summed E-state index contributed by atoms with van der Waals surface area (Å²) in [5.41, 5.74) is 1.15. The number of aliphatic imine (C=N–C) groups is 1. The van der Waals surface area contributed by atoms with Gasteiger partial charge < -0.3 is 20.1 Å². The van der Waals surface area contributed by atoms with Gasteiger partial charge in [-0.15, -0.1) is 0 Å². The van der Waals surface area contributed by atoms with Crippen LogP contribution in [-0.2, 0) is 15.9 Å². The summed E-state index contributed by atoms with van der Waals surface area (Å²) < 4.78 is 11.2. The molecular weight excluding hydrogens is 338 g/mol. The van der Waals surface area contributed by atoms with Gasteiger partial charge in [-0.25, -0.2) is 0 Å². The molecule has 0 amide bonds. The van der Waals surface area contributed by atoms with E-state index in [0.29, 0.717) is 12.7 Å². The topological polar surface area (TPSA) is 54.9 Å². The Morgan fingerprint density at radius 3 is 3.00 bits per heavy atom. The first kappa shape index (κ1) is 20.0. The summed E-state index contributed by atoms with van der Waals surface area (Å²) in [4.78, 5) is 4.59. The van der Waals surface area contributed by atoms with Crippen molar-refractivity contribution in [3.8, 4) is 0 Å². The Morgan fingerprint density at radius 2 is 2.24 bits per heavy atom. The summed E-state index contributed by atoms with van der Waals surface area (Å²) in [5.74, 6) is 0.841. The monoisotopic (exact) mass is 367 g/mol. The van der Waals surface area contributed by atoms with Gasteiger partial charge in [-0.05, 0) is 44.2 Å². The SMILES string of the molecule is CCNC(=NCCCOCC1CCCO1)NCCc1ccccc1Cl. The first-order chi connectivity index (χ1) is 12.3. The minimum Gasteiger partial charge on any atom is -0.379 e. The molecule has 0 aromatic heterocycles. The number of hydrogen-bond donors (Lipinski definition) is 2. The highest BCUT2D eigenvalue weighted by Crippen LogP contribution is 2.14. The molecule has 2 rings (SSSR count). The zero-order chi connectivity index (χ0) is 17.7. The maximum absolute atomic E-state index is 6.18. The van der Waals surface area contributed by atoms with E-state index in [9.17, 15) is 0 Å². The molecule has 1 aromatic carbocycles. The quantitative estimate of drug-likeness (QED) is 0.379. The highest BCUT2D eigenvalue weighted by atomic mass is 35.5. The van der Waals surface area contributed by atoms with Gasteiger partial charge in [0.15, 0.2) is 5.96 Å². The lowest BCUT2D eigenvalue weighted by atomic mass is 10.1. The van der Waals surface area contributed by atoms with Gasteiger partial charge in [-0.3, -0.25) is 4.99 Å². The van der Waals surface area contributed by atoms with E-state index >= 15 is 0 Å². The maximum Gasteiger partial charge on any atom is 0.191 e. The van der Waals surface area contributed by atoms with Gasteiger partial charge in [0.25, 0.3) is 0 Å². The number of benzene rings is 1. The summed E-state index contributed by atoms with van der Waals surface area (Å²) in [5, 5.41) is 7.43. The normalized spacial score (nSPS) is 17.7. The molecule has 6 heteroatoms. The molecule has 1 aromatic rings. The predicted molar refractivity (Wildman–Crippen MR) is 104 cm³/mol. The highest BCUT2D eigenvalue weighted by molar-refractivity contribution is 6.31. The third kappa shape index (κ3) is 8.08. The van der Waals surface area contributed by atoms with Gasteiger partial charge in [-0.1, -0.05) is 29.8 Å². The first-order valence-corrected chi connectivity index (χ1v) is 9.62. The van der Waals surface area contributed by atoms with Crippen LogP contribution in [0.15, 0.2) is 29.3 Å². The van der Waals surface area contributed by atoms with Crippen molar-refractivity contribution in [1.29, 1.82) is 0 Å². The van der Waals surface area contributed by atoms with E-state index in [-0.39, 0.29) is 0 Å². The van der Waals surface area contributed by atoms with Crippen molar-refractivity contribution in [3.05, 3.63) is 34.9 Å². The van der Waals surface area contributed by atoms with E-state index in [4.69, 9.17) is 21.1 Å². The van der Waals surface area contributed by atoms with Gasteiger partial charge in [0.1, 0.15) is 0 Å². The van der Waals surface area contributed by atoms with Crippen LogP contribution in [0.5, 0.6) is 0 Å². The van der Waals surface area contributed by atoms with Crippen molar-refractivity contribution < 1.29 is 9.47 Å². The fraction of sp³-hybridized carbons (Fsp3) is 0.632. The molecule has 1 unspecified atom stereocenters. The molecule has 1 aliphatic heterocycles. The number of halogens is 1. The number of nitrogens with zero attached hydrogens (tertiary/aromatic N) is 1. The average Bonchev–Trinajstić information content (AvgIpc) is 3.13. The second-order valence-corrected chi connectivity index (χ2v) is 6.50. The maximum atomic E-state index is 6.18. The van der Waals surface area contributed by atoms with Crippen LogP contribution in [-0.4, -0.2) is 51.5 Å². The molecule has 0 saturated carbocycles. The van der Waals surface area contributed by atoms with Gasteiger partial charge in [-0.2, -0.15) is 0 Å². The van der Waals surface area contributed by atoms with Crippen LogP contribution in [0.4, 0.5) is 0 Å². The summed E-state index contributed by atoms with van der Waals surface area (Å²) in [7, 11) is 0. The van der Waals surface area contributed by atoms with Crippen molar-refractivity contribution in [1.82, 2.24) is 10.6 Å². The Morgan fingerprint density at radius 1 is 1.36 bits per heavy atom. The zero-order valence-corrected chi connectivity index (χ0v) is 15.9. The molecule has 0 radical (unpaired) electrons. The number of nitrogens with one attached hydrogen (secondary N) is 2. The number of guanidine groups is 1. The number of rotatable bonds is 10. The molecule has 1 saturated heterocycles. The Labute approximate surface area is 156 Å². The lowest BCUT2D eigenvalue weighted by Gasteiger charge is -2.12. The van der Waals surface area contributed by atoms with Crippen LogP contribution in [0.3, 0.4) is 0 Å². The molecule has 0 aliphatic carbocycles. The van der Waals surface area contributed by atoms with Gasteiger partial charge in [0, 0.05) is 37.9 Å². The molecule has 25 heavy (non-hydrogen) atoms. The molecule has 1 atom stereocenters. The summed E-state index contributed by atoms with van der Waals surface area (Å²) in [6, 6.07) is 7.94. The van der Waals surface area contributed by atoms with E-state index in [1.165, 1.54) is 0 Å². The van der Waals surface area contributed by atoms with Crippen LogP contribution in [0.2, 0.25) is 5.02 Å². The molecule has 2 N–H and O–H groups in total. The molecule has 1 aliphatic rings. The second kappa shape index (κ2) is 12.1. The van der Waals surface area contributed by atoms with Gasteiger partial charge >= 0.3 is 0 Å². The zero-order valence-electron chi connectivity index (χ0n) is 15.1. The third-order valence-electron chi connectivity index (χ3n) is 4.03. The smallest absolute Gasteiger partial charge is 0.191 e. The van der Waals surface area contributed by atoms with Crippen molar-refractivity contribution in [3.63, 3.8) is 0 Å². The number of hydrogen-bond acceptors (Lipinski definition) is 3. The highest BCUT2D eigenvalue weighted by Gasteiger charge is 2.14. The van der Waals surface area contributed by atoms with Gasteiger partial charge in [0.2, 0.25) is 0 Å². The molecule has 140 valence electrons. The van der Waals surface area contributed by atoms with E-state index in [1.54, 1.807) is 0 Å². The summed E-state index contributed by atoms with van der Waals surface area (Å²) in [6.07, 6.45) is 4.36. The Bertz CT molecular complexity index is 519. The Kier molecular flexibility index (Phi) is 9.70. The fourth-order valence-electron chi connectivity index (χ4n) is 2.71. The van der Waals surface area contributed by atoms with Gasteiger partial charge in [0.05, 0.1) is 12.7 Å².